The van der Waals surface area contributed by atoms with Gasteiger partial charge in [-0.15, -0.1) is 0 Å². The lowest BCUT2D eigenvalue weighted by Crippen LogP contribution is -2.40. The number of amides is 2. The van der Waals surface area contributed by atoms with E-state index in [4.69, 9.17) is 0 Å². The van der Waals surface area contributed by atoms with E-state index in [0.717, 1.165) is 19.3 Å². The van der Waals surface area contributed by atoms with Gasteiger partial charge < -0.3 is 0 Å². The van der Waals surface area contributed by atoms with E-state index in [1.54, 1.807) is 6.92 Å². The predicted molar refractivity (Wildman–Crippen MR) is 61.7 cm³/mol. The average Bonchev–Trinajstić information content (AvgIpc) is 2.81. The summed E-state index contributed by atoms with van der Waals surface area (Å²) in [6.45, 7) is 4.50. The summed E-state index contributed by atoms with van der Waals surface area (Å²) in [4.78, 5) is 24.9. The zero-order chi connectivity index (χ0) is 11.8. The molecule has 1 aliphatic carbocycles. The van der Waals surface area contributed by atoms with Crippen molar-refractivity contribution in [3.8, 4) is 0 Å². The summed E-state index contributed by atoms with van der Waals surface area (Å²) >= 11 is 0. The first-order valence-electron chi connectivity index (χ1n) is 6.12. The molecule has 3 nitrogen and oxygen atoms in total. The Morgan fingerprint density at radius 3 is 2.38 bits per heavy atom. The average molecular weight is 221 g/mol. The molecule has 88 valence electrons. The van der Waals surface area contributed by atoms with E-state index in [1.807, 2.05) is 0 Å². The molecule has 1 saturated carbocycles. The Balaban J connectivity index is 2.10. The molecule has 16 heavy (non-hydrogen) atoms. The maximum atomic E-state index is 11.8. The van der Waals surface area contributed by atoms with Gasteiger partial charge in [0.1, 0.15) is 0 Å². The molecule has 3 heteroatoms. The molecule has 0 saturated heterocycles. The van der Waals surface area contributed by atoms with E-state index in [0.29, 0.717) is 12.1 Å². The third-order valence-electron chi connectivity index (χ3n) is 4.10. The number of carbonyl (C=O) groups is 2. The van der Waals surface area contributed by atoms with Crippen LogP contribution in [0.25, 0.3) is 0 Å². The Morgan fingerprint density at radius 2 is 1.94 bits per heavy atom. The number of carbonyl (C=O) groups excluding carboxylic acids is 2. The first-order valence-corrected chi connectivity index (χ1v) is 6.12. The van der Waals surface area contributed by atoms with E-state index in [-0.39, 0.29) is 17.2 Å². The highest BCUT2D eigenvalue weighted by molar-refractivity contribution is 6.15. The third-order valence-corrected chi connectivity index (χ3v) is 4.10. The SMILES string of the molecule is CCC1(CN2C(=O)C=C(C)C2=O)CCCC1. The van der Waals surface area contributed by atoms with Crippen LogP contribution in [-0.4, -0.2) is 23.3 Å². The summed E-state index contributed by atoms with van der Waals surface area (Å²) in [6, 6.07) is 0. The van der Waals surface area contributed by atoms with Crippen LogP contribution in [0.4, 0.5) is 0 Å². The van der Waals surface area contributed by atoms with Crippen LogP contribution in [0.2, 0.25) is 0 Å². The van der Waals surface area contributed by atoms with Crippen molar-refractivity contribution >= 4 is 11.8 Å². The van der Waals surface area contributed by atoms with Crippen molar-refractivity contribution < 1.29 is 9.59 Å². The van der Waals surface area contributed by atoms with Gasteiger partial charge in [-0.05, 0) is 31.6 Å². The molecular formula is C13H19NO2. The quantitative estimate of drug-likeness (QED) is 0.686. The number of hydrogen-bond donors (Lipinski definition) is 0. The van der Waals surface area contributed by atoms with Crippen molar-refractivity contribution in [3.63, 3.8) is 0 Å². The van der Waals surface area contributed by atoms with Gasteiger partial charge in [0, 0.05) is 18.2 Å². The van der Waals surface area contributed by atoms with Crippen LogP contribution in [-0.2, 0) is 9.59 Å². The van der Waals surface area contributed by atoms with Crippen LogP contribution < -0.4 is 0 Å². The van der Waals surface area contributed by atoms with Crippen LogP contribution in [0.1, 0.15) is 46.0 Å². The normalized spacial score (nSPS) is 24.1. The minimum absolute atomic E-state index is 0.0928. The summed E-state index contributed by atoms with van der Waals surface area (Å²) in [5.74, 6) is -0.216. The fraction of sp³-hybridized carbons (Fsp3) is 0.692. The van der Waals surface area contributed by atoms with Crippen LogP contribution in [0.5, 0.6) is 0 Å². The lowest BCUT2D eigenvalue weighted by Gasteiger charge is -2.31. The zero-order valence-electron chi connectivity index (χ0n) is 10.1. The molecule has 1 fully saturated rings. The summed E-state index contributed by atoms with van der Waals surface area (Å²) in [7, 11) is 0. The fourth-order valence-corrected chi connectivity index (χ4v) is 2.87. The number of rotatable bonds is 3. The molecule has 0 N–H and O–H groups in total. The molecule has 2 amide bonds. The summed E-state index contributed by atoms with van der Waals surface area (Å²) in [5, 5.41) is 0. The van der Waals surface area contributed by atoms with E-state index in [1.165, 1.54) is 23.8 Å². The lowest BCUT2D eigenvalue weighted by atomic mass is 9.83. The molecule has 2 aliphatic rings. The molecule has 0 bridgehead atoms. The topological polar surface area (TPSA) is 37.4 Å². The molecule has 0 aromatic heterocycles. The van der Waals surface area contributed by atoms with Crippen LogP contribution >= 0.6 is 0 Å². The molecule has 0 radical (unpaired) electrons. The second-order valence-corrected chi connectivity index (χ2v) is 5.12. The van der Waals surface area contributed by atoms with E-state index >= 15 is 0 Å². The van der Waals surface area contributed by atoms with Crippen molar-refractivity contribution in [2.45, 2.75) is 46.0 Å². The first kappa shape index (κ1) is 11.4. The van der Waals surface area contributed by atoms with Gasteiger partial charge >= 0.3 is 0 Å². The van der Waals surface area contributed by atoms with Gasteiger partial charge in [0.15, 0.2) is 0 Å². The fourth-order valence-electron chi connectivity index (χ4n) is 2.87. The van der Waals surface area contributed by atoms with Gasteiger partial charge in [-0.2, -0.15) is 0 Å². The molecule has 2 rings (SSSR count). The predicted octanol–water partition coefficient (Wildman–Crippen LogP) is 2.27. The van der Waals surface area contributed by atoms with Crippen molar-refractivity contribution in [2.75, 3.05) is 6.54 Å². The van der Waals surface area contributed by atoms with Gasteiger partial charge in [-0.25, -0.2) is 0 Å². The van der Waals surface area contributed by atoms with Crippen molar-refractivity contribution in [1.82, 2.24) is 4.90 Å². The Morgan fingerprint density at radius 1 is 1.31 bits per heavy atom. The van der Waals surface area contributed by atoms with Gasteiger partial charge in [0.05, 0.1) is 0 Å². The summed E-state index contributed by atoms with van der Waals surface area (Å²) < 4.78 is 0. The van der Waals surface area contributed by atoms with E-state index < -0.39 is 0 Å². The van der Waals surface area contributed by atoms with Gasteiger partial charge in [0.25, 0.3) is 11.8 Å². The highest BCUT2D eigenvalue weighted by Gasteiger charge is 2.39. The van der Waals surface area contributed by atoms with Crippen LogP contribution in [0.15, 0.2) is 11.6 Å². The Labute approximate surface area is 96.5 Å². The van der Waals surface area contributed by atoms with Crippen molar-refractivity contribution in [1.29, 1.82) is 0 Å². The Bertz CT molecular complexity index is 351. The maximum absolute atomic E-state index is 11.8. The largest absolute Gasteiger partial charge is 0.275 e. The monoisotopic (exact) mass is 221 g/mol. The zero-order valence-corrected chi connectivity index (χ0v) is 10.1. The smallest absolute Gasteiger partial charge is 0.256 e. The standard InChI is InChI=1S/C13H19NO2/c1-3-13(6-4-5-7-13)9-14-11(15)8-10(2)12(14)16/h8H,3-7,9H2,1-2H3. The second kappa shape index (κ2) is 4.04. The lowest BCUT2D eigenvalue weighted by molar-refractivity contribution is -0.139. The highest BCUT2D eigenvalue weighted by atomic mass is 16.2. The molecule has 0 spiro atoms. The Hall–Kier alpha value is -1.12. The van der Waals surface area contributed by atoms with Crippen LogP contribution in [0, 0.1) is 5.41 Å². The molecular weight excluding hydrogens is 202 g/mol. The van der Waals surface area contributed by atoms with Gasteiger partial charge in [0.2, 0.25) is 0 Å². The minimum Gasteiger partial charge on any atom is -0.275 e. The molecule has 0 unspecified atom stereocenters. The minimum atomic E-state index is -0.123. The summed E-state index contributed by atoms with van der Waals surface area (Å²) in [6.07, 6.45) is 7.29. The molecule has 1 heterocycles. The molecule has 1 aliphatic heterocycles. The number of imide groups is 1. The number of hydrogen-bond acceptors (Lipinski definition) is 2. The third kappa shape index (κ3) is 1.79. The maximum Gasteiger partial charge on any atom is 0.256 e. The van der Waals surface area contributed by atoms with E-state index in [9.17, 15) is 9.59 Å². The van der Waals surface area contributed by atoms with Crippen molar-refractivity contribution in [2.24, 2.45) is 5.41 Å². The van der Waals surface area contributed by atoms with Crippen LogP contribution in [0.3, 0.4) is 0 Å². The highest BCUT2D eigenvalue weighted by Crippen LogP contribution is 2.42. The van der Waals surface area contributed by atoms with Crippen molar-refractivity contribution in [3.05, 3.63) is 11.6 Å². The Kier molecular flexibility index (Phi) is 2.87. The first-order chi connectivity index (χ1) is 7.58. The molecule has 0 aromatic carbocycles. The summed E-state index contributed by atoms with van der Waals surface area (Å²) in [5.41, 5.74) is 0.776. The molecule has 0 aromatic rings. The van der Waals surface area contributed by atoms with E-state index in [2.05, 4.69) is 6.92 Å². The molecule has 0 atom stereocenters. The number of nitrogens with zero attached hydrogens (tertiary/aromatic N) is 1. The van der Waals surface area contributed by atoms with Gasteiger partial charge in [-0.1, -0.05) is 19.8 Å². The second-order valence-electron chi connectivity index (χ2n) is 5.12. The van der Waals surface area contributed by atoms with Gasteiger partial charge in [-0.3, -0.25) is 14.5 Å².